The SMILES string of the molecule is CCOc1cc(C(=O)N/N=C/c2ccc(OCC(=O)O)c(Br)c2)ccc1OC. The molecule has 2 aromatic carbocycles. The third kappa shape index (κ3) is 5.98. The van der Waals surface area contributed by atoms with E-state index in [1.165, 1.54) is 13.3 Å². The van der Waals surface area contributed by atoms with E-state index in [1.807, 2.05) is 6.92 Å². The van der Waals surface area contributed by atoms with E-state index >= 15 is 0 Å². The summed E-state index contributed by atoms with van der Waals surface area (Å²) in [5, 5.41) is 12.6. The van der Waals surface area contributed by atoms with Gasteiger partial charge in [0.15, 0.2) is 18.1 Å². The van der Waals surface area contributed by atoms with Crippen molar-refractivity contribution in [2.75, 3.05) is 20.3 Å². The second kappa shape index (κ2) is 10.3. The van der Waals surface area contributed by atoms with Gasteiger partial charge in [0.1, 0.15) is 5.75 Å². The molecular weight excluding hydrogens is 432 g/mol. The topological polar surface area (TPSA) is 106 Å². The van der Waals surface area contributed by atoms with Gasteiger partial charge in [-0.25, -0.2) is 10.2 Å². The number of nitrogens with zero attached hydrogens (tertiary/aromatic N) is 1. The molecule has 9 heteroatoms. The number of amides is 1. The largest absolute Gasteiger partial charge is 0.493 e. The van der Waals surface area contributed by atoms with Gasteiger partial charge in [0.25, 0.3) is 5.91 Å². The molecular formula is C19H19BrN2O6. The summed E-state index contributed by atoms with van der Waals surface area (Å²) in [4.78, 5) is 22.8. The molecule has 28 heavy (non-hydrogen) atoms. The summed E-state index contributed by atoms with van der Waals surface area (Å²) in [5.41, 5.74) is 3.49. The van der Waals surface area contributed by atoms with Crippen molar-refractivity contribution in [3.05, 3.63) is 52.0 Å². The van der Waals surface area contributed by atoms with Crippen LogP contribution in [0.25, 0.3) is 0 Å². The monoisotopic (exact) mass is 450 g/mol. The van der Waals surface area contributed by atoms with Crippen molar-refractivity contribution < 1.29 is 28.9 Å². The van der Waals surface area contributed by atoms with Gasteiger partial charge < -0.3 is 19.3 Å². The van der Waals surface area contributed by atoms with Gasteiger partial charge >= 0.3 is 5.97 Å². The Morgan fingerprint density at radius 2 is 1.89 bits per heavy atom. The van der Waals surface area contributed by atoms with Crippen LogP contribution in [0.15, 0.2) is 46.0 Å². The first-order chi connectivity index (χ1) is 13.4. The van der Waals surface area contributed by atoms with E-state index in [2.05, 4.69) is 26.5 Å². The van der Waals surface area contributed by atoms with Gasteiger partial charge in [-0.15, -0.1) is 0 Å². The molecule has 0 unspecified atom stereocenters. The molecule has 0 aromatic heterocycles. The van der Waals surface area contributed by atoms with E-state index < -0.39 is 18.5 Å². The Balaban J connectivity index is 2.02. The predicted molar refractivity (Wildman–Crippen MR) is 106 cm³/mol. The van der Waals surface area contributed by atoms with E-state index in [4.69, 9.17) is 19.3 Å². The molecule has 0 aliphatic heterocycles. The van der Waals surface area contributed by atoms with E-state index in [0.717, 1.165) is 0 Å². The van der Waals surface area contributed by atoms with Crippen molar-refractivity contribution in [2.24, 2.45) is 5.10 Å². The summed E-state index contributed by atoms with van der Waals surface area (Å²) in [6, 6.07) is 9.81. The zero-order valence-electron chi connectivity index (χ0n) is 15.3. The van der Waals surface area contributed by atoms with E-state index in [-0.39, 0.29) is 0 Å². The molecule has 8 nitrogen and oxygen atoms in total. The maximum Gasteiger partial charge on any atom is 0.341 e. The zero-order chi connectivity index (χ0) is 20.5. The Kier molecular flexibility index (Phi) is 7.82. The minimum absolute atomic E-state index is 0.375. The molecule has 0 radical (unpaired) electrons. The minimum atomic E-state index is -1.06. The molecule has 0 fully saturated rings. The summed E-state index contributed by atoms with van der Waals surface area (Å²) >= 11 is 3.30. The molecule has 0 saturated heterocycles. The van der Waals surface area contributed by atoms with Gasteiger partial charge in [-0.05, 0) is 64.8 Å². The smallest absolute Gasteiger partial charge is 0.341 e. The average Bonchev–Trinajstić information content (AvgIpc) is 2.67. The fraction of sp³-hybridized carbons (Fsp3) is 0.211. The van der Waals surface area contributed by atoms with Crippen LogP contribution in [-0.2, 0) is 4.79 Å². The number of methoxy groups -OCH3 is 1. The van der Waals surface area contributed by atoms with Crippen molar-refractivity contribution in [1.29, 1.82) is 0 Å². The van der Waals surface area contributed by atoms with Gasteiger partial charge in [0.2, 0.25) is 0 Å². The number of rotatable bonds is 9. The predicted octanol–water partition coefficient (Wildman–Crippen LogP) is 3.08. The lowest BCUT2D eigenvalue weighted by atomic mass is 10.2. The highest BCUT2D eigenvalue weighted by molar-refractivity contribution is 9.10. The van der Waals surface area contributed by atoms with Crippen LogP contribution in [0.5, 0.6) is 17.2 Å². The molecule has 1 amide bonds. The number of hydrazone groups is 1. The van der Waals surface area contributed by atoms with Crippen LogP contribution >= 0.6 is 15.9 Å². The van der Waals surface area contributed by atoms with E-state index in [9.17, 15) is 9.59 Å². The lowest BCUT2D eigenvalue weighted by molar-refractivity contribution is -0.139. The van der Waals surface area contributed by atoms with Crippen LogP contribution in [0.3, 0.4) is 0 Å². The van der Waals surface area contributed by atoms with Crippen molar-refractivity contribution in [3.63, 3.8) is 0 Å². The zero-order valence-corrected chi connectivity index (χ0v) is 16.9. The second-order valence-corrected chi connectivity index (χ2v) is 6.22. The molecule has 0 aliphatic carbocycles. The number of hydrogen-bond donors (Lipinski definition) is 2. The van der Waals surface area contributed by atoms with Gasteiger partial charge in [0.05, 0.1) is 24.4 Å². The third-order valence-electron chi connectivity index (χ3n) is 3.41. The molecule has 0 bridgehead atoms. The third-order valence-corrected chi connectivity index (χ3v) is 4.03. The highest BCUT2D eigenvalue weighted by Gasteiger charge is 2.10. The molecule has 2 N–H and O–H groups in total. The molecule has 0 saturated carbocycles. The molecule has 0 heterocycles. The number of carbonyl (C=O) groups excluding carboxylic acids is 1. The number of hydrogen-bond acceptors (Lipinski definition) is 6. The normalized spacial score (nSPS) is 10.5. The molecule has 0 atom stereocenters. The lowest BCUT2D eigenvalue weighted by Gasteiger charge is -2.10. The summed E-state index contributed by atoms with van der Waals surface area (Å²) in [6.45, 7) is 1.85. The molecule has 0 aliphatic rings. The summed E-state index contributed by atoms with van der Waals surface area (Å²) in [7, 11) is 1.53. The Labute approximate surface area is 170 Å². The Bertz CT molecular complexity index is 885. The number of aliphatic carboxylic acids is 1. The Hall–Kier alpha value is -3.07. The van der Waals surface area contributed by atoms with Crippen LogP contribution < -0.4 is 19.6 Å². The summed E-state index contributed by atoms with van der Waals surface area (Å²) in [6.07, 6.45) is 1.45. The van der Waals surface area contributed by atoms with Crippen LogP contribution in [-0.4, -0.2) is 43.5 Å². The maximum atomic E-state index is 12.3. The molecule has 148 valence electrons. The average molecular weight is 451 g/mol. The number of nitrogens with one attached hydrogen (secondary N) is 1. The van der Waals surface area contributed by atoms with Gasteiger partial charge in [-0.1, -0.05) is 0 Å². The van der Waals surface area contributed by atoms with E-state index in [1.54, 1.807) is 36.4 Å². The molecule has 0 spiro atoms. The summed E-state index contributed by atoms with van der Waals surface area (Å²) in [5.74, 6) is -0.0589. The van der Waals surface area contributed by atoms with Crippen LogP contribution in [0, 0.1) is 0 Å². The Morgan fingerprint density at radius 1 is 1.14 bits per heavy atom. The maximum absolute atomic E-state index is 12.3. The fourth-order valence-electron chi connectivity index (χ4n) is 2.17. The number of carboxylic acids is 1. The van der Waals surface area contributed by atoms with Gasteiger partial charge in [0, 0.05) is 5.56 Å². The van der Waals surface area contributed by atoms with Crippen molar-refractivity contribution in [1.82, 2.24) is 5.43 Å². The molecule has 2 rings (SSSR count). The van der Waals surface area contributed by atoms with Gasteiger partial charge in [-0.3, -0.25) is 4.79 Å². The van der Waals surface area contributed by atoms with Crippen LogP contribution in [0.4, 0.5) is 0 Å². The minimum Gasteiger partial charge on any atom is -0.493 e. The van der Waals surface area contributed by atoms with Crippen molar-refractivity contribution in [2.45, 2.75) is 6.92 Å². The number of carboxylic acid groups (broad SMARTS) is 1. The number of benzene rings is 2. The quantitative estimate of drug-likeness (QED) is 0.449. The lowest BCUT2D eigenvalue weighted by Crippen LogP contribution is -2.17. The van der Waals surface area contributed by atoms with Crippen LogP contribution in [0.2, 0.25) is 0 Å². The fourth-order valence-corrected chi connectivity index (χ4v) is 2.68. The summed E-state index contributed by atoms with van der Waals surface area (Å²) < 4.78 is 16.3. The highest BCUT2D eigenvalue weighted by atomic mass is 79.9. The first-order valence-corrected chi connectivity index (χ1v) is 9.02. The van der Waals surface area contributed by atoms with E-state index in [0.29, 0.717) is 39.5 Å². The Morgan fingerprint density at radius 3 is 2.54 bits per heavy atom. The van der Waals surface area contributed by atoms with Crippen molar-refractivity contribution in [3.8, 4) is 17.2 Å². The highest BCUT2D eigenvalue weighted by Crippen LogP contribution is 2.28. The standard InChI is InChI=1S/C19H19BrN2O6/c1-3-27-17-9-13(5-7-16(17)26-2)19(25)22-21-10-12-4-6-15(14(20)8-12)28-11-18(23)24/h4-10H,3,11H2,1-2H3,(H,22,25)(H,23,24)/b21-10+. The number of ether oxygens (including phenoxy) is 3. The van der Waals surface area contributed by atoms with Crippen molar-refractivity contribution >= 4 is 34.0 Å². The van der Waals surface area contributed by atoms with Crippen LogP contribution in [0.1, 0.15) is 22.8 Å². The molecule has 2 aromatic rings. The first-order valence-electron chi connectivity index (χ1n) is 8.23. The number of carbonyl (C=O) groups is 2. The first kappa shape index (κ1) is 21.2. The second-order valence-electron chi connectivity index (χ2n) is 5.37. The number of halogens is 1. The van der Waals surface area contributed by atoms with Gasteiger partial charge in [-0.2, -0.15) is 5.10 Å².